The maximum absolute atomic E-state index is 12.7. The standard InChI is InChI=1S/C25H24N2O3S/c1-3-17-7-9-18(10-8-17)24(29)26-20-6-4-5-19(15-20)25-27(23(28)16-31-25)21-11-13-22(30-2)14-12-21/h4-15,25H,3,16H2,1-2H3,(H,26,29). The molecule has 158 valence electrons. The quantitative estimate of drug-likeness (QED) is 0.575. The Hall–Kier alpha value is -3.25. The Balaban J connectivity index is 1.54. The summed E-state index contributed by atoms with van der Waals surface area (Å²) in [5.74, 6) is 1.07. The molecule has 0 saturated carbocycles. The molecule has 2 amide bonds. The minimum atomic E-state index is -0.151. The largest absolute Gasteiger partial charge is 0.497 e. The number of nitrogens with one attached hydrogen (secondary N) is 1. The second kappa shape index (κ2) is 9.27. The van der Waals surface area contributed by atoms with Crippen LogP contribution in [0.5, 0.6) is 5.75 Å². The summed E-state index contributed by atoms with van der Waals surface area (Å²) in [4.78, 5) is 27.1. The van der Waals surface area contributed by atoms with E-state index in [0.29, 0.717) is 17.0 Å². The topological polar surface area (TPSA) is 58.6 Å². The lowest BCUT2D eigenvalue weighted by atomic mass is 10.1. The van der Waals surface area contributed by atoms with Crippen molar-refractivity contribution in [1.82, 2.24) is 0 Å². The number of methoxy groups -OCH3 is 1. The molecule has 1 heterocycles. The highest BCUT2D eigenvalue weighted by molar-refractivity contribution is 8.00. The van der Waals surface area contributed by atoms with Crippen LogP contribution in [0.25, 0.3) is 0 Å². The van der Waals surface area contributed by atoms with Crippen LogP contribution >= 0.6 is 11.8 Å². The lowest BCUT2D eigenvalue weighted by Crippen LogP contribution is -2.27. The predicted molar refractivity (Wildman–Crippen MR) is 126 cm³/mol. The number of nitrogens with zero attached hydrogens (tertiary/aromatic N) is 1. The summed E-state index contributed by atoms with van der Waals surface area (Å²) in [5, 5.41) is 2.82. The number of carbonyl (C=O) groups is 2. The van der Waals surface area contributed by atoms with Crippen molar-refractivity contribution in [2.75, 3.05) is 23.1 Å². The first-order valence-corrected chi connectivity index (χ1v) is 11.2. The maximum atomic E-state index is 12.7. The molecule has 1 N–H and O–H groups in total. The number of thioether (sulfide) groups is 1. The normalized spacial score (nSPS) is 15.7. The average Bonchev–Trinajstić information content (AvgIpc) is 3.20. The molecular weight excluding hydrogens is 408 g/mol. The molecule has 0 spiro atoms. The van der Waals surface area contributed by atoms with Crippen LogP contribution in [0.1, 0.15) is 33.8 Å². The van der Waals surface area contributed by atoms with Gasteiger partial charge >= 0.3 is 0 Å². The van der Waals surface area contributed by atoms with E-state index in [9.17, 15) is 9.59 Å². The molecule has 1 atom stereocenters. The van der Waals surface area contributed by atoms with Gasteiger partial charge in [0, 0.05) is 16.9 Å². The van der Waals surface area contributed by atoms with Crippen molar-refractivity contribution in [3.05, 3.63) is 89.5 Å². The summed E-state index contributed by atoms with van der Waals surface area (Å²) in [5.41, 5.74) is 4.31. The number of ether oxygens (including phenoxy) is 1. The van der Waals surface area contributed by atoms with E-state index in [1.165, 1.54) is 5.56 Å². The number of rotatable bonds is 6. The lowest BCUT2D eigenvalue weighted by molar-refractivity contribution is -0.115. The highest BCUT2D eigenvalue weighted by atomic mass is 32.2. The smallest absolute Gasteiger partial charge is 0.255 e. The van der Waals surface area contributed by atoms with Crippen molar-refractivity contribution in [2.45, 2.75) is 18.7 Å². The summed E-state index contributed by atoms with van der Waals surface area (Å²) in [6, 6.07) is 22.8. The van der Waals surface area contributed by atoms with Crippen LogP contribution in [0.3, 0.4) is 0 Å². The molecule has 1 unspecified atom stereocenters. The number of hydrogen-bond acceptors (Lipinski definition) is 4. The first kappa shape index (κ1) is 21.0. The fourth-order valence-corrected chi connectivity index (χ4v) is 4.72. The summed E-state index contributed by atoms with van der Waals surface area (Å²) < 4.78 is 5.22. The predicted octanol–water partition coefficient (Wildman–Crippen LogP) is 5.29. The molecule has 1 aliphatic rings. The van der Waals surface area contributed by atoms with Gasteiger partial charge in [-0.15, -0.1) is 11.8 Å². The van der Waals surface area contributed by atoms with Gasteiger partial charge in [0.1, 0.15) is 11.1 Å². The fourth-order valence-electron chi connectivity index (χ4n) is 3.56. The fraction of sp³-hybridized carbons (Fsp3) is 0.200. The monoisotopic (exact) mass is 432 g/mol. The van der Waals surface area contributed by atoms with Gasteiger partial charge in [-0.3, -0.25) is 14.5 Å². The van der Waals surface area contributed by atoms with Crippen LogP contribution in [0, 0.1) is 0 Å². The highest BCUT2D eigenvalue weighted by Crippen LogP contribution is 2.42. The van der Waals surface area contributed by atoms with Crippen LogP contribution in [-0.2, 0) is 11.2 Å². The molecule has 1 fully saturated rings. The van der Waals surface area contributed by atoms with Gasteiger partial charge in [-0.25, -0.2) is 0 Å². The Bertz CT molecular complexity index is 1080. The van der Waals surface area contributed by atoms with E-state index in [2.05, 4.69) is 12.2 Å². The maximum Gasteiger partial charge on any atom is 0.255 e. The molecular formula is C25H24N2O3S. The lowest BCUT2D eigenvalue weighted by Gasteiger charge is -2.25. The van der Waals surface area contributed by atoms with Crippen LogP contribution < -0.4 is 15.0 Å². The van der Waals surface area contributed by atoms with E-state index in [-0.39, 0.29) is 17.2 Å². The zero-order chi connectivity index (χ0) is 21.8. The third-order valence-electron chi connectivity index (χ3n) is 5.27. The molecule has 0 bridgehead atoms. The Labute approximate surface area is 186 Å². The zero-order valence-corrected chi connectivity index (χ0v) is 18.3. The molecule has 0 radical (unpaired) electrons. The SMILES string of the molecule is CCc1ccc(C(=O)Nc2cccc(C3SCC(=O)N3c3ccc(OC)cc3)c2)cc1. The van der Waals surface area contributed by atoms with Gasteiger partial charge in [-0.1, -0.05) is 31.2 Å². The molecule has 0 aromatic heterocycles. The zero-order valence-electron chi connectivity index (χ0n) is 17.5. The summed E-state index contributed by atoms with van der Waals surface area (Å²) in [6.45, 7) is 2.08. The summed E-state index contributed by atoms with van der Waals surface area (Å²) >= 11 is 1.58. The third-order valence-corrected chi connectivity index (χ3v) is 6.48. The molecule has 6 heteroatoms. The van der Waals surface area contributed by atoms with Crippen molar-refractivity contribution >= 4 is 35.0 Å². The molecule has 3 aromatic carbocycles. The Morgan fingerprint density at radius 1 is 1.10 bits per heavy atom. The number of hydrogen-bond donors (Lipinski definition) is 1. The van der Waals surface area contributed by atoms with Crippen LogP contribution in [0.2, 0.25) is 0 Å². The highest BCUT2D eigenvalue weighted by Gasteiger charge is 2.34. The van der Waals surface area contributed by atoms with Gasteiger partial charge in [-0.05, 0) is 66.1 Å². The molecule has 0 aliphatic carbocycles. The molecule has 31 heavy (non-hydrogen) atoms. The van der Waals surface area contributed by atoms with Crippen LogP contribution in [0.4, 0.5) is 11.4 Å². The van der Waals surface area contributed by atoms with E-state index >= 15 is 0 Å². The first-order valence-electron chi connectivity index (χ1n) is 10.2. The van der Waals surface area contributed by atoms with Crippen LogP contribution in [-0.4, -0.2) is 24.7 Å². The Morgan fingerprint density at radius 2 is 1.84 bits per heavy atom. The van der Waals surface area contributed by atoms with Gasteiger partial charge in [0.05, 0.1) is 12.9 Å². The summed E-state index contributed by atoms with van der Waals surface area (Å²) in [6.07, 6.45) is 0.937. The minimum absolute atomic E-state index is 0.0608. The van der Waals surface area contributed by atoms with Crippen molar-refractivity contribution in [3.63, 3.8) is 0 Å². The first-order chi connectivity index (χ1) is 15.1. The van der Waals surface area contributed by atoms with E-state index in [0.717, 1.165) is 23.4 Å². The van der Waals surface area contributed by atoms with Gasteiger partial charge in [0.15, 0.2) is 0 Å². The van der Waals surface area contributed by atoms with Crippen molar-refractivity contribution in [3.8, 4) is 5.75 Å². The second-order valence-corrected chi connectivity index (χ2v) is 8.32. The Morgan fingerprint density at radius 3 is 2.52 bits per heavy atom. The van der Waals surface area contributed by atoms with Gasteiger partial charge in [-0.2, -0.15) is 0 Å². The average molecular weight is 433 g/mol. The number of benzene rings is 3. The minimum Gasteiger partial charge on any atom is -0.497 e. The number of carbonyl (C=O) groups excluding carboxylic acids is 2. The Kier molecular flexibility index (Phi) is 6.28. The van der Waals surface area contributed by atoms with E-state index in [1.807, 2.05) is 72.8 Å². The third kappa shape index (κ3) is 4.59. The molecule has 1 saturated heterocycles. The van der Waals surface area contributed by atoms with Crippen molar-refractivity contribution in [2.24, 2.45) is 0 Å². The number of anilines is 2. The van der Waals surface area contributed by atoms with E-state index in [4.69, 9.17) is 4.74 Å². The number of aryl methyl sites for hydroxylation is 1. The van der Waals surface area contributed by atoms with E-state index < -0.39 is 0 Å². The van der Waals surface area contributed by atoms with Crippen molar-refractivity contribution in [1.29, 1.82) is 0 Å². The van der Waals surface area contributed by atoms with E-state index in [1.54, 1.807) is 23.8 Å². The van der Waals surface area contributed by atoms with Crippen molar-refractivity contribution < 1.29 is 14.3 Å². The molecule has 1 aliphatic heterocycles. The number of amides is 2. The summed E-state index contributed by atoms with van der Waals surface area (Å²) in [7, 11) is 1.62. The second-order valence-electron chi connectivity index (χ2n) is 7.26. The molecule has 3 aromatic rings. The van der Waals surface area contributed by atoms with Gasteiger partial charge in [0.2, 0.25) is 5.91 Å². The van der Waals surface area contributed by atoms with Gasteiger partial charge < -0.3 is 10.1 Å². The van der Waals surface area contributed by atoms with Gasteiger partial charge in [0.25, 0.3) is 5.91 Å². The molecule has 5 nitrogen and oxygen atoms in total. The van der Waals surface area contributed by atoms with Crippen LogP contribution in [0.15, 0.2) is 72.8 Å². The molecule has 4 rings (SSSR count).